The number of nitrogens with one attached hydrogen (secondary N) is 1. The molecule has 6 heteroatoms. The Kier molecular flexibility index (Phi) is 6.94. The highest BCUT2D eigenvalue weighted by Crippen LogP contribution is 2.30. The van der Waals surface area contributed by atoms with E-state index in [0.29, 0.717) is 15.8 Å². The van der Waals surface area contributed by atoms with Crippen LogP contribution in [-0.4, -0.2) is 29.6 Å². The van der Waals surface area contributed by atoms with Crippen LogP contribution < -0.4 is 10.1 Å². The first-order valence-electron chi connectivity index (χ1n) is 6.55. The van der Waals surface area contributed by atoms with Crippen molar-refractivity contribution in [3.8, 4) is 5.75 Å². The first-order chi connectivity index (χ1) is 9.93. The number of hydrogen-bond acceptors (Lipinski definition) is 3. The zero-order chi connectivity index (χ0) is 15.8. The number of benzene rings is 1. The van der Waals surface area contributed by atoms with Gasteiger partial charge in [-0.2, -0.15) is 0 Å². The van der Waals surface area contributed by atoms with Gasteiger partial charge < -0.3 is 15.2 Å². The van der Waals surface area contributed by atoms with E-state index in [-0.39, 0.29) is 18.6 Å². The van der Waals surface area contributed by atoms with Crippen molar-refractivity contribution >= 4 is 33.9 Å². The second-order valence-electron chi connectivity index (χ2n) is 4.50. The minimum Gasteiger partial charge on any atom is -0.482 e. The van der Waals surface area contributed by atoms with Gasteiger partial charge in [0.15, 0.2) is 6.61 Å². The molecule has 1 aromatic carbocycles. The quantitative estimate of drug-likeness (QED) is 0.737. The molecule has 1 aromatic rings. The number of carbonyl (C=O) groups excluding carboxylic acids is 1. The molecule has 0 saturated heterocycles. The smallest absolute Gasteiger partial charge is 0.328 e. The van der Waals surface area contributed by atoms with Crippen LogP contribution in [0.5, 0.6) is 5.75 Å². The van der Waals surface area contributed by atoms with Crippen LogP contribution in [0.4, 0.5) is 0 Å². The summed E-state index contributed by atoms with van der Waals surface area (Å²) in [5.74, 6) is -0.821. The Labute approximate surface area is 132 Å². The van der Waals surface area contributed by atoms with E-state index >= 15 is 0 Å². The number of ether oxygens (including phenoxy) is 1. The summed E-state index contributed by atoms with van der Waals surface area (Å²) >= 11 is 3.33. The van der Waals surface area contributed by atoms with Crippen molar-refractivity contribution in [2.75, 3.05) is 6.61 Å². The van der Waals surface area contributed by atoms with Crippen LogP contribution in [0.25, 0.3) is 6.08 Å². The number of aliphatic carboxylic acids is 1. The minimum atomic E-state index is -1.05. The molecule has 0 spiro atoms. The van der Waals surface area contributed by atoms with Crippen molar-refractivity contribution in [3.63, 3.8) is 0 Å². The van der Waals surface area contributed by atoms with Crippen LogP contribution in [0.2, 0.25) is 0 Å². The summed E-state index contributed by atoms with van der Waals surface area (Å²) in [7, 11) is 0. The predicted octanol–water partition coefficient (Wildman–Crippen LogP) is 2.84. The maximum Gasteiger partial charge on any atom is 0.328 e. The Hall–Kier alpha value is -1.82. The Morgan fingerprint density at radius 2 is 2.19 bits per heavy atom. The average Bonchev–Trinajstić information content (AvgIpc) is 2.43. The zero-order valence-corrected chi connectivity index (χ0v) is 13.5. The van der Waals surface area contributed by atoms with Crippen molar-refractivity contribution in [3.05, 3.63) is 34.3 Å². The number of hydrogen-bond donors (Lipinski definition) is 2. The second kappa shape index (κ2) is 8.46. The Morgan fingerprint density at radius 3 is 2.81 bits per heavy atom. The highest BCUT2D eigenvalue weighted by atomic mass is 79.9. The van der Waals surface area contributed by atoms with Gasteiger partial charge in [0.2, 0.25) is 0 Å². The molecular weight excluding hydrogens is 338 g/mol. The Bertz CT molecular complexity index is 542. The number of rotatable bonds is 7. The van der Waals surface area contributed by atoms with Crippen molar-refractivity contribution in [1.82, 2.24) is 5.32 Å². The first kappa shape index (κ1) is 17.2. The average molecular weight is 356 g/mol. The van der Waals surface area contributed by atoms with Crippen molar-refractivity contribution in [1.29, 1.82) is 0 Å². The third-order valence-corrected chi connectivity index (χ3v) is 3.39. The summed E-state index contributed by atoms with van der Waals surface area (Å²) < 4.78 is 6.16. The molecule has 5 nitrogen and oxygen atoms in total. The third-order valence-electron chi connectivity index (χ3n) is 2.77. The SMILES string of the molecule is CCC(C)NC(=O)COc1c(Br)cccc1C=CC(=O)O. The number of carboxylic acid groups (broad SMARTS) is 1. The fourth-order valence-electron chi connectivity index (χ4n) is 1.53. The van der Waals surface area contributed by atoms with E-state index in [1.807, 2.05) is 13.8 Å². The largest absolute Gasteiger partial charge is 0.482 e. The van der Waals surface area contributed by atoms with Gasteiger partial charge in [-0.3, -0.25) is 4.79 Å². The van der Waals surface area contributed by atoms with Crippen LogP contribution in [0, 0.1) is 0 Å². The third kappa shape index (κ3) is 5.99. The number of halogens is 1. The van der Waals surface area contributed by atoms with E-state index < -0.39 is 5.97 Å². The monoisotopic (exact) mass is 355 g/mol. The van der Waals surface area contributed by atoms with Crippen LogP contribution in [0.3, 0.4) is 0 Å². The number of para-hydroxylation sites is 1. The fourth-order valence-corrected chi connectivity index (χ4v) is 2.02. The molecule has 1 rings (SSSR count). The first-order valence-corrected chi connectivity index (χ1v) is 7.35. The molecule has 0 fully saturated rings. The molecule has 1 atom stereocenters. The number of carboxylic acids is 1. The van der Waals surface area contributed by atoms with Crippen molar-refractivity contribution in [2.45, 2.75) is 26.3 Å². The number of carbonyl (C=O) groups is 2. The molecule has 1 unspecified atom stereocenters. The Morgan fingerprint density at radius 1 is 1.48 bits per heavy atom. The molecule has 0 radical (unpaired) electrons. The maximum absolute atomic E-state index is 11.7. The molecule has 0 aromatic heterocycles. The van der Waals surface area contributed by atoms with Gasteiger partial charge in [0.05, 0.1) is 4.47 Å². The van der Waals surface area contributed by atoms with Gasteiger partial charge in [-0.15, -0.1) is 0 Å². The van der Waals surface area contributed by atoms with Gasteiger partial charge in [0, 0.05) is 17.7 Å². The standard InChI is InChI=1S/C15H18BrNO4/c1-3-10(2)17-13(18)9-21-15-11(7-8-14(19)20)5-4-6-12(15)16/h4-8,10H,3,9H2,1-2H3,(H,17,18)(H,19,20). The van der Waals surface area contributed by atoms with Gasteiger partial charge in [-0.1, -0.05) is 19.1 Å². The fraction of sp³-hybridized carbons (Fsp3) is 0.333. The van der Waals surface area contributed by atoms with Gasteiger partial charge in [0.1, 0.15) is 5.75 Å². The topological polar surface area (TPSA) is 75.6 Å². The van der Waals surface area contributed by atoms with Crippen LogP contribution in [0.15, 0.2) is 28.7 Å². The molecule has 0 aliphatic carbocycles. The van der Waals surface area contributed by atoms with Gasteiger partial charge in [0.25, 0.3) is 5.91 Å². The van der Waals surface area contributed by atoms with E-state index in [1.54, 1.807) is 18.2 Å². The highest BCUT2D eigenvalue weighted by Gasteiger charge is 2.10. The summed E-state index contributed by atoms with van der Waals surface area (Å²) in [5.41, 5.74) is 0.586. The minimum absolute atomic E-state index is 0.0895. The van der Waals surface area contributed by atoms with Crippen molar-refractivity contribution < 1.29 is 19.4 Å². The molecule has 0 bridgehead atoms. The molecule has 1 amide bonds. The van der Waals surface area contributed by atoms with Gasteiger partial charge in [-0.05, 0) is 41.4 Å². The normalized spacial score (nSPS) is 12.1. The molecule has 21 heavy (non-hydrogen) atoms. The maximum atomic E-state index is 11.7. The lowest BCUT2D eigenvalue weighted by Crippen LogP contribution is -2.35. The second-order valence-corrected chi connectivity index (χ2v) is 5.35. The van der Waals surface area contributed by atoms with Gasteiger partial charge in [-0.25, -0.2) is 4.79 Å². The lowest BCUT2D eigenvalue weighted by molar-refractivity contribution is -0.131. The van der Waals surface area contributed by atoms with Gasteiger partial charge >= 0.3 is 5.97 Å². The summed E-state index contributed by atoms with van der Waals surface area (Å²) in [6.45, 7) is 3.77. The van der Waals surface area contributed by atoms with E-state index in [0.717, 1.165) is 12.5 Å². The molecule has 114 valence electrons. The van der Waals surface area contributed by atoms with Crippen LogP contribution >= 0.6 is 15.9 Å². The van der Waals surface area contributed by atoms with E-state index in [9.17, 15) is 9.59 Å². The summed E-state index contributed by atoms with van der Waals surface area (Å²) in [6.07, 6.45) is 3.29. The number of amides is 1. The molecule has 0 saturated carbocycles. The molecule has 0 aliphatic heterocycles. The molecule has 0 aliphatic rings. The van der Waals surface area contributed by atoms with Crippen LogP contribution in [-0.2, 0) is 9.59 Å². The lowest BCUT2D eigenvalue weighted by Gasteiger charge is -2.14. The Balaban J connectivity index is 2.78. The zero-order valence-electron chi connectivity index (χ0n) is 11.9. The molecule has 0 heterocycles. The lowest BCUT2D eigenvalue weighted by atomic mass is 10.2. The summed E-state index contributed by atoms with van der Waals surface area (Å²) in [6, 6.07) is 5.33. The van der Waals surface area contributed by atoms with E-state index in [2.05, 4.69) is 21.2 Å². The summed E-state index contributed by atoms with van der Waals surface area (Å²) in [5, 5.41) is 11.5. The highest BCUT2D eigenvalue weighted by molar-refractivity contribution is 9.10. The summed E-state index contributed by atoms with van der Waals surface area (Å²) in [4.78, 5) is 22.3. The molecule has 2 N–H and O–H groups in total. The van der Waals surface area contributed by atoms with Crippen molar-refractivity contribution in [2.24, 2.45) is 0 Å². The van der Waals surface area contributed by atoms with E-state index in [4.69, 9.17) is 9.84 Å². The molecular formula is C15H18BrNO4. The predicted molar refractivity (Wildman–Crippen MR) is 84.2 cm³/mol. The van der Waals surface area contributed by atoms with Crippen LogP contribution in [0.1, 0.15) is 25.8 Å². The van der Waals surface area contributed by atoms with E-state index in [1.165, 1.54) is 6.08 Å².